The van der Waals surface area contributed by atoms with Crippen molar-refractivity contribution in [2.24, 2.45) is 0 Å². The summed E-state index contributed by atoms with van der Waals surface area (Å²) >= 11 is 7.30. The van der Waals surface area contributed by atoms with E-state index in [4.69, 9.17) is 0 Å². The Labute approximate surface area is 136 Å². The second kappa shape index (κ2) is 6.11. The SMILES string of the molecule is Brc1ccc(C(Br)Cc2cccc3ccccc23)cc1. The highest BCUT2D eigenvalue weighted by molar-refractivity contribution is 9.10. The Morgan fingerprint density at radius 2 is 1.50 bits per heavy atom. The predicted octanol–water partition coefficient (Wildman–Crippen LogP) is 6.28. The molecule has 100 valence electrons. The molecule has 0 aliphatic heterocycles. The Morgan fingerprint density at radius 3 is 2.30 bits per heavy atom. The number of hydrogen-bond donors (Lipinski definition) is 0. The van der Waals surface area contributed by atoms with E-state index in [0.717, 1.165) is 10.9 Å². The van der Waals surface area contributed by atoms with E-state index in [1.165, 1.54) is 21.9 Å². The molecule has 1 atom stereocenters. The lowest BCUT2D eigenvalue weighted by molar-refractivity contribution is 0.957. The van der Waals surface area contributed by atoms with Crippen LogP contribution in [0.3, 0.4) is 0 Å². The largest absolute Gasteiger partial charge is 0.0835 e. The Hall–Kier alpha value is -1.12. The zero-order chi connectivity index (χ0) is 13.9. The summed E-state index contributed by atoms with van der Waals surface area (Å²) in [5, 5.41) is 2.65. The van der Waals surface area contributed by atoms with Crippen LogP contribution in [0.5, 0.6) is 0 Å². The standard InChI is InChI=1S/C18H14Br2/c19-16-10-8-14(9-11-16)18(20)12-15-6-3-5-13-4-1-2-7-17(13)15/h1-11,18H,12H2. The highest BCUT2D eigenvalue weighted by Crippen LogP contribution is 2.30. The molecule has 0 spiro atoms. The van der Waals surface area contributed by atoms with Crippen LogP contribution in [-0.4, -0.2) is 0 Å². The normalized spacial score (nSPS) is 12.5. The monoisotopic (exact) mass is 388 g/mol. The van der Waals surface area contributed by atoms with Crippen LogP contribution in [0.1, 0.15) is 16.0 Å². The predicted molar refractivity (Wildman–Crippen MR) is 93.5 cm³/mol. The highest BCUT2D eigenvalue weighted by Gasteiger charge is 2.10. The quantitative estimate of drug-likeness (QED) is 0.462. The fourth-order valence-electron chi connectivity index (χ4n) is 2.45. The molecule has 3 rings (SSSR count). The molecule has 0 amide bonds. The molecule has 0 N–H and O–H groups in total. The minimum atomic E-state index is 0.335. The van der Waals surface area contributed by atoms with Gasteiger partial charge in [-0.3, -0.25) is 0 Å². The molecular weight excluding hydrogens is 376 g/mol. The van der Waals surface area contributed by atoms with E-state index in [2.05, 4.69) is 98.6 Å². The van der Waals surface area contributed by atoms with Gasteiger partial charge in [0.1, 0.15) is 0 Å². The van der Waals surface area contributed by atoms with Crippen molar-refractivity contribution in [2.45, 2.75) is 11.2 Å². The van der Waals surface area contributed by atoms with Crippen LogP contribution in [0.4, 0.5) is 0 Å². The van der Waals surface area contributed by atoms with E-state index in [1.807, 2.05) is 0 Å². The molecule has 3 aromatic carbocycles. The van der Waals surface area contributed by atoms with Gasteiger partial charge in [0.15, 0.2) is 0 Å². The molecular formula is C18H14Br2. The summed E-state index contributed by atoms with van der Waals surface area (Å²) in [7, 11) is 0. The van der Waals surface area contributed by atoms with Crippen molar-refractivity contribution in [3.05, 3.63) is 82.3 Å². The zero-order valence-electron chi connectivity index (χ0n) is 10.9. The number of halogens is 2. The van der Waals surface area contributed by atoms with Crippen molar-refractivity contribution in [1.82, 2.24) is 0 Å². The minimum Gasteiger partial charge on any atom is -0.0835 e. The third kappa shape index (κ3) is 2.97. The Morgan fingerprint density at radius 1 is 0.800 bits per heavy atom. The van der Waals surface area contributed by atoms with Crippen LogP contribution >= 0.6 is 31.9 Å². The molecule has 0 saturated carbocycles. The first-order chi connectivity index (χ1) is 9.74. The lowest BCUT2D eigenvalue weighted by Crippen LogP contribution is -1.96. The summed E-state index contributed by atoms with van der Waals surface area (Å²) in [5.74, 6) is 0. The second-order valence-corrected chi connectivity index (χ2v) is 6.88. The van der Waals surface area contributed by atoms with Gasteiger partial charge in [0.05, 0.1) is 0 Å². The van der Waals surface area contributed by atoms with Gasteiger partial charge >= 0.3 is 0 Å². The molecule has 3 aromatic rings. The lowest BCUT2D eigenvalue weighted by atomic mass is 9.98. The topological polar surface area (TPSA) is 0 Å². The molecule has 0 heterocycles. The maximum absolute atomic E-state index is 3.82. The van der Waals surface area contributed by atoms with E-state index in [-0.39, 0.29) is 0 Å². The second-order valence-electron chi connectivity index (χ2n) is 4.86. The van der Waals surface area contributed by atoms with Gasteiger partial charge in [-0.1, -0.05) is 86.5 Å². The fourth-order valence-corrected chi connectivity index (χ4v) is 3.37. The van der Waals surface area contributed by atoms with Crippen molar-refractivity contribution < 1.29 is 0 Å². The summed E-state index contributed by atoms with van der Waals surface area (Å²) in [6.45, 7) is 0. The Kier molecular flexibility index (Phi) is 4.23. The minimum absolute atomic E-state index is 0.335. The molecule has 2 heteroatoms. The summed E-state index contributed by atoms with van der Waals surface area (Å²) in [4.78, 5) is 0.335. The fraction of sp³-hybridized carbons (Fsp3) is 0.111. The zero-order valence-corrected chi connectivity index (χ0v) is 14.1. The molecule has 0 saturated heterocycles. The molecule has 0 radical (unpaired) electrons. The Bertz CT molecular complexity index is 712. The van der Waals surface area contributed by atoms with Gasteiger partial charge in [0.2, 0.25) is 0 Å². The van der Waals surface area contributed by atoms with Gasteiger partial charge in [-0.25, -0.2) is 0 Å². The summed E-state index contributed by atoms with van der Waals surface area (Å²) in [5.41, 5.74) is 2.69. The highest BCUT2D eigenvalue weighted by atomic mass is 79.9. The van der Waals surface area contributed by atoms with E-state index >= 15 is 0 Å². The summed E-state index contributed by atoms with van der Waals surface area (Å²) < 4.78 is 1.12. The van der Waals surface area contributed by atoms with Gasteiger partial charge in [0.25, 0.3) is 0 Å². The van der Waals surface area contributed by atoms with Crippen LogP contribution in [0.2, 0.25) is 0 Å². The molecule has 0 aliphatic rings. The van der Waals surface area contributed by atoms with Crippen molar-refractivity contribution in [2.75, 3.05) is 0 Å². The lowest BCUT2D eigenvalue weighted by Gasteiger charge is -2.12. The summed E-state index contributed by atoms with van der Waals surface area (Å²) in [6, 6.07) is 23.6. The first-order valence-corrected chi connectivity index (χ1v) is 8.31. The summed E-state index contributed by atoms with van der Waals surface area (Å²) in [6.07, 6.45) is 0.989. The van der Waals surface area contributed by atoms with Crippen LogP contribution in [0.25, 0.3) is 10.8 Å². The third-order valence-electron chi connectivity index (χ3n) is 3.51. The molecule has 20 heavy (non-hydrogen) atoms. The van der Waals surface area contributed by atoms with Crippen LogP contribution in [0, 0.1) is 0 Å². The molecule has 0 bridgehead atoms. The third-order valence-corrected chi connectivity index (χ3v) is 4.89. The van der Waals surface area contributed by atoms with Crippen molar-refractivity contribution in [1.29, 1.82) is 0 Å². The van der Waals surface area contributed by atoms with Gasteiger partial charge < -0.3 is 0 Å². The number of alkyl halides is 1. The number of rotatable bonds is 3. The van der Waals surface area contributed by atoms with Gasteiger partial charge in [-0.2, -0.15) is 0 Å². The van der Waals surface area contributed by atoms with Crippen molar-refractivity contribution >= 4 is 42.6 Å². The number of fused-ring (bicyclic) bond motifs is 1. The number of hydrogen-bond acceptors (Lipinski definition) is 0. The molecule has 0 fully saturated rings. The molecule has 0 aliphatic carbocycles. The molecule has 0 aromatic heterocycles. The van der Waals surface area contributed by atoms with Gasteiger partial charge in [-0.05, 0) is 40.5 Å². The van der Waals surface area contributed by atoms with Crippen LogP contribution in [-0.2, 0) is 6.42 Å². The smallest absolute Gasteiger partial charge is 0.0435 e. The maximum atomic E-state index is 3.82. The maximum Gasteiger partial charge on any atom is 0.0435 e. The average molecular weight is 390 g/mol. The van der Waals surface area contributed by atoms with Crippen LogP contribution in [0.15, 0.2) is 71.2 Å². The van der Waals surface area contributed by atoms with Gasteiger partial charge in [0, 0.05) is 9.30 Å². The van der Waals surface area contributed by atoms with E-state index < -0.39 is 0 Å². The average Bonchev–Trinajstić information content (AvgIpc) is 2.48. The first-order valence-electron chi connectivity index (χ1n) is 6.60. The van der Waals surface area contributed by atoms with E-state index in [9.17, 15) is 0 Å². The van der Waals surface area contributed by atoms with Gasteiger partial charge in [-0.15, -0.1) is 0 Å². The number of benzene rings is 3. The van der Waals surface area contributed by atoms with Crippen molar-refractivity contribution in [3.63, 3.8) is 0 Å². The van der Waals surface area contributed by atoms with E-state index in [0.29, 0.717) is 4.83 Å². The molecule has 0 nitrogen and oxygen atoms in total. The van der Waals surface area contributed by atoms with Crippen LogP contribution < -0.4 is 0 Å². The Balaban J connectivity index is 1.91. The van der Waals surface area contributed by atoms with E-state index in [1.54, 1.807) is 0 Å². The first kappa shape index (κ1) is 13.8. The van der Waals surface area contributed by atoms with Crippen molar-refractivity contribution in [3.8, 4) is 0 Å². The molecule has 1 unspecified atom stereocenters.